The second kappa shape index (κ2) is 4.35. The Bertz CT molecular complexity index is 802. The van der Waals surface area contributed by atoms with Gasteiger partial charge in [-0.25, -0.2) is 14.6 Å². The van der Waals surface area contributed by atoms with E-state index in [0.29, 0.717) is 35.1 Å². The molecular weight excluding hydrogens is 280 g/mol. The summed E-state index contributed by atoms with van der Waals surface area (Å²) in [6, 6.07) is 5.63. The third-order valence-corrected chi connectivity index (χ3v) is 3.39. The Labute approximate surface area is 118 Å². The minimum absolute atomic E-state index is 0.388. The zero-order valence-corrected chi connectivity index (χ0v) is 11.0. The molecule has 0 radical (unpaired) electrons. The molecule has 0 saturated carbocycles. The van der Waals surface area contributed by atoms with E-state index in [2.05, 4.69) is 15.1 Å². The summed E-state index contributed by atoms with van der Waals surface area (Å²) in [5, 5.41) is 5.41. The molecule has 0 atom stereocenters. The Morgan fingerprint density at radius 1 is 1.10 bits per heavy atom. The van der Waals surface area contributed by atoms with E-state index in [1.165, 1.54) is 6.33 Å². The predicted octanol–water partition coefficient (Wildman–Crippen LogP) is 2.24. The van der Waals surface area contributed by atoms with Crippen LogP contribution in [-0.4, -0.2) is 33.0 Å². The number of aromatic nitrogens is 4. The molecule has 7 heteroatoms. The molecule has 1 aliphatic heterocycles. The summed E-state index contributed by atoms with van der Waals surface area (Å²) in [6.45, 7) is 1.12. The van der Waals surface area contributed by atoms with E-state index in [1.54, 1.807) is 10.9 Å². The lowest BCUT2D eigenvalue weighted by molar-refractivity contribution is 0.171. The van der Waals surface area contributed by atoms with Gasteiger partial charge in [0.2, 0.25) is 0 Å². The van der Waals surface area contributed by atoms with Crippen LogP contribution in [0.3, 0.4) is 0 Å². The highest BCUT2D eigenvalue weighted by Gasteiger charge is 2.15. The fourth-order valence-corrected chi connectivity index (χ4v) is 2.35. The highest BCUT2D eigenvalue weighted by Crippen LogP contribution is 2.32. The van der Waals surface area contributed by atoms with E-state index in [4.69, 9.17) is 21.1 Å². The van der Waals surface area contributed by atoms with Gasteiger partial charge in [0.1, 0.15) is 24.7 Å². The molecule has 0 fully saturated rings. The maximum Gasteiger partial charge on any atom is 0.167 e. The first kappa shape index (κ1) is 11.5. The Morgan fingerprint density at radius 3 is 2.85 bits per heavy atom. The summed E-state index contributed by atoms with van der Waals surface area (Å²) in [4.78, 5) is 8.16. The minimum atomic E-state index is 0.388. The van der Waals surface area contributed by atoms with Crippen molar-refractivity contribution in [3.8, 4) is 17.2 Å². The topological polar surface area (TPSA) is 62.1 Å². The summed E-state index contributed by atoms with van der Waals surface area (Å²) >= 11 is 6.02. The first-order valence-corrected chi connectivity index (χ1v) is 6.45. The van der Waals surface area contributed by atoms with Crippen LogP contribution in [0.2, 0.25) is 5.15 Å². The van der Waals surface area contributed by atoms with E-state index in [1.807, 2.05) is 18.2 Å². The summed E-state index contributed by atoms with van der Waals surface area (Å²) in [5.41, 5.74) is 1.49. The number of ether oxygens (including phenoxy) is 2. The summed E-state index contributed by atoms with van der Waals surface area (Å²) in [6.07, 6.45) is 3.06. The number of nitrogens with zero attached hydrogens (tertiary/aromatic N) is 4. The van der Waals surface area contributed by atoms with Gasteiger partial charge in [0.05, 0.1) is 17.3 Å². The SMILES string of the molecule is Clc1ncnc2c1cnn2-c1ccc2c(c1)OCCO2. The molecule has 0 unspecified atom stereocenters. The Kier molecular flexibility index (Phi) is 2.50. The summed E-state index contributed by atoms with van der Waals surface area (Å²) in [5.74, 6) is 1.45. The first-order chi connectivity index (χ1) is 9.83. The van der Waals surface area contributed by atoms with Gasteiger partial charge in [0, 0.05) is 6.07 Å². The van der Waals surface area contributed by atoms with E-state index in [0.717, 1.165) is 11.4 Å². The van der Waals surface area contributed by atoms with Crippen LogP contribution >= 0.6 is 11.6 Å². The van der Waals surface area contributed by atoms with Gasteiger partial charge >= 0.3 is 0 Å². The standard InChI is InChI=1S/C13H9ClN4O2/c14-12-9-6-17-18(13(9)16-7-15-12)8-1-2-10-11(5-8)20-4-3-19-10/h1-2,5-7H,3-4H2. The highest BCUT2D eigenvalue weighted by molar-refractivity contribution is 6.33. The molecule has 20 heavy (non-hydrogen) atoms. The molecule has 100 valence electrons. The van der Waals surface area contributed by atoms with Crippen molar-refractivity contribution in [1.29, 1.82) is 0 Å². The van der Waals surface area contributed by atoms with E-state index < -0.39 is 0 Å². The Morgan fingerprint density at radius 2 is 1.95 bits per heavy atom. The molecular formula is C13H9ClN4O2. The Hall–Kier alpha value is -2.34. The van der Waals surface area contributed by atoms with Crippen molar-refractivity contribution in [3.05, 3.63) is 35.9 Å². The van der Waals surface area contributed by atoms with Crippen LogP contribution in [0.5, 0.6) is 11.5 Å². The lowest BCUT2D eigenvalue weighted by Crippen LogP contribution is -2.15. The van der Waals surface area contributed by atoms with Gasteiger partial charge < -0.3 is 9.47 Å². The van der Waals surface area contributed by atoms with Gasteiger partial charge in [-0.15, -0.1) is 0 Å². The van der Waals surface area contributed by atoms with Crippen LogP contribution in [0.25, 0.3) is 16.7 Å². The second-order valence-electron chi connectivity index (χ2n) is 4.29. The Balaban J connectivity index is 1.89. The van der Waals surface area contributed by atoms with Gasteiger partial charge in [-0.05, 0) is 12.1 Å². The molecule has 2 aromatic heterocycles. The molecule has 4 rings (SSSR count). The predicted molar refractivity (Wildman–Crippen MR) is 72.7 cm³/mol. The third-order valence-electron chi connectivity index (χ3n) is 3.09. The number of halogens is 1. The number of rotatable bonds is 1. The molecule has 1 aliphatic rings. The number of benzene rings is 1. The van der Waals surface area contributed by atoms with Gasteiger partial charge in [0.15, 0.2) is 17.1 Å². The fraction of sp³-hybridized carbons (Fsp3) is 0.154. The van der Waals surface area contributed by atoms with Crippen LogP contribution in [-0.2, 0) is 0 Å². The monoisotopic (exact) mass is 288 g/mol. The van der Waals surface area contributed by atoms with Gasteiger partial charge in [-0.1, -0.05) is 11.6 Å². The van der Waals surface area contributed by atoms with Crippen LogP contribution in [0.15, 0.2) is 30.7 Å². The molecule has 3 heterocycles. The minimum Gasteiger partial charge on any atom is -0.486 e. The molecule has 0 spiro atoms. The average molecular weight is 289 g/mol. The highest BCUT2D eigenvalue weighted by atomic mass is 35.5. The molecule has 0 N–H and O–H groups in total. The smallest absolute Gasteiger partial charge is 0.167 e. The quantitative estimate of drug-likeness (QED) is 0.643. The van der Waals surface area contributed by atoms with Crippen molar-refractivity contribution in [2.45, 2.75) is 0 Å². The fourth-order valence-electron chi connectivity index (χ4n) is 2.17. The lowest BCUT2D eigenvalue weighted by atomic mass is 10.2. The summed E-state index contributed by atoms with van der Waals surface area (Å²) < 4.78 is 12.8. The van der Waals surface area contributed by atoms with Crippen molar-refractivity contribution in [2.24, 2.45) is 0 Å². The molecule has 3 aromatic rings. The number of fused-ring (bicyclic) bond motifs is 2. The number of hydrogen-bond donors (Lipinski definition) is 0. The number of hydrogen-bond acceptors (Lipinski definition) is 5. The van der Waals surface area contributed by atoms with E-state index in [-0.39, 0.29) is 0 Å². The van der Waals surface area contributed by atoms with Crippen molar-refractivity contribution in [3.63, 3.8) is 0 Å². The second-order valence-corrected chi connectivity index (χ2v) is 4.64. The molecule has 1 aromatic carbocycles. The zero-order valence-electron chi connectivity index (χ0n) is 10.3. The lowest BCUT2D eigenvalue weighted by Gasteiger charge is -2.18. The van der Waals surface area contributed by atoms with Crippen molar-refractivity contribution in [1.82, 2.24) is 19.7 Å². The van der Waals surface area contributed by atoms with Crippen LogP contribution in [0, 0.1) is 0 Å². The van der Waals surface area contributed by atoms with Crippen molar-refractivity contribution < 1.29 is 9.47 Å². The van der Waals surface area contributed by atoms with Gasteiger partial charge in [-0.2, -0.15) is 5.10 Å². The third kappa shape index (κ3) is 1.69. The van der Waals surface area contributed by atoms with E-state index in [9.17, 15) is 0 Å². The molecule has 0 bridgehead atoms. The molecule has 0 amide bonds. The van der Waals surface area contributed by atoms with Crippen LogP contribution < -0.4 is 9.47 Å². The van der Waals surface area contributed by atoms with Crippen molar-refractivity contribution >= 4 is 22.6 Å². The van der Waals surface area contributed by atoms with Gasteiger partial charge in [0.25, 0.3) is 0 Å². The molecule has 0 aliphatic carbocycles. The van der Waals surface area contributed by atoms with Crippen LogP contribution in [0.1, 0.15) is 0 Å². The zero-order chi connectivity index (χ0) is 13.5. The van der Waals surface area contributed by atoms with Gasteiger partial charge in [-0.3, -0.25) is 0 Å². The normalized spacial score (nSPS) is 13.7. The average Bonchev–Trinajstić information content (AvgIpc) is 2.92. The van der Waals surface area contributed by atoms with E-state index >= 15 is 0 Å². The maximum atomic E-state index is 6.02. The van der Waals surface area contributed by atoms with Crippen molar-refractivity contribution in [2.75, 3.05) is 13.2 Å². The molecule has 6 nitrogen and oxygen atoms in total. The van der Waals surface area contributed by atoms with Crippen LogP contribution in [0.4, 0.5) is 0 Å². The first-order valence-electron chi connectivity index (χ1n) is 6.07. The summed E-state index contributed by atoms with van der Waals surface area (Å²) in [7, 11) is 0. The molecule has 0 saturated heterocycles. The maximum absolute atomic E-state index is 6.02. The largest absolute Gasteiger partial charge is 0.486 e.